The Bertz CT molecular complexity index is 403. The summed E-state index contributed by atoms with van der Waals surface area (Å²) in [5.41, 5.74) is 1.14. The van der Waals surface area contributed by atoms with Crippen LogP contribution in [0.3, 0.4) is 0 Å². The van der Waals surface area contributed by atoms with Crippen LogP contribution in [0.4, 0.5) is 0 Å². The first-order chi connectivity index (χ1) is 8.54. The second kappa shape index (κ2) is 7.19. The molecule has 1 unspecified atom stereocenters. The van der Waals surface area contributed by atoms with Crippen LogP contribution in [-0.4, -0.2) is 30.9 Å². The van der Waals surface area contributed by atoms with E-state index in [2.05, 4.69) is 18.8 Å². The Balaban J connectivity index is 2.55. The first-order valence-corrected chi connectivity index (χ1v) is 6.25. The molecular formula is C14H19ClN2O. The Labute approximate surface area is 113 Å². The Hall–Kier alpha value is -1.32. The van der Waals surface area contributed by atoms with Gasteiger partial charge in [-0.15, -0.1) is 6.58 Å². The van der Waals surface area contributed by atoms with Gasteiger partial charge in [-0.3, -0.25) is 9.69 Å². The molecule has 1 rings (SSSR count). The molecule has 0 saturated heterocycles. The molecule has 0 bridgehead atoms. The first kappa shape index (κ1) is 14.7. The summed E-state index contributed by atoms with van der Waals surface area (Å²) < 4.78 is 0. The lowest BCUT2D eigenvalue weighted by Gasteiger charge is -2.24. The normalized spacial score (nSPS) is 12.2. The lowest BCUT2D eigenvalue weighted by Crippen LogP contribution is -2.36. The number of nitrogens with zero attached hydrogens (tertiary/aromatic N) is 1. The molecule has 0 aliphatic heterocycles. The second-order valence-corrected chi connectivity index (χ2v) is 4.67. The highest BCUT2D eigenvalue weighted by Gasteiger charge is 2.14. The van der Waals surface area contributed by atoms with Crippen LogP contribution in [-0.2, 0) is 4.79 Å². The summed E-state index contributed by atoms with van der Waals surface area (Å²) in [5, 5.41) is 3.48. The molecule has 1 N–H and O–H groups in total. The highest BCUT2D eigenvalue weighted by molar-refractivity contribution is 6.30. The molecule has 0 fully saturated rings. The molecule has 1 aromatic carbocycles. The maximum Gasteiger partial charge on any atom is 0.234 e. The van der Waals surface area contributed by atoms with Crippen molar-refractivity contribution < 1.29 is 4.79 Å². The number of nitrogens with one attached hydrogen (secondary N) is 1. The molecule has 0 aromatic heterocycles. The van der Waals surface area contributed by atoms with Crippen molar-refractivity contribution in [2.75, 3.05) is 20.1 Å². The van der Waals surface area contributed by atoms with Gasteiger partial charge in [-0.1, -0.05) is 29.8 Å². The lowest BCUT2D eigenvalue weighted by molar-refractivity contribution is -0.122. The number of carbonyl (C=O) groups excluding carboxylic acids is 1. The molecule has 3 nitrogen and oxygen atoms in total. The minimum Gasteiger partial charge on any atom is -0.352 e. The number of amides is 1. The van der Waals surface area contributed by atoms with E-state index >= 15 is 0 Å². The maximum absolute atomic E-state index is 11.6. The van der Waals surface area contributed by atoms with Crippen LogP contribution >= 0.6 is 11.6 Å². The van der Waals surface area contributed by atoms with Crippen LogP contribution in [0, 0.1) is 0 Å². The van der Waals surface area contributed by atoms with E-state index in [-0.39, 0.29) is 11.9 Å². The number of hydrogen-bond donors (Lipinski definition) is 1. The zero-order valence-corrected chi connectivity index (χ0v) is 11.6. The van der Waals surface area contributed by atoms with Crippen molar-refractivity contribution >= 4 is 17.5 Å². The van der Waals surface area contributed by atoms with Crippen LogP contribution in [0.2, 0.25) is 5.02 Å². The molecule has 0 spiro atoms. The third-order valence-corrected chi connectivity index (χ3v) is 3.10. The molecule has 18 heavy (non-hydrogen) atoms. The lowest BCUT2D eigenvalue weighted by atomic mass is 10.1. The minimum atomic E-state index is -0.00165. The predicted octanol–water partition coefficient (Wildman–Crippen LogP) is 2.64. The maximum atomic E-state index is 11.6. The van der Waals surface area contributed by atoms with Crippen molar-refractivity contribution in [3.8, 4) is 0 Å². The van der Waals surface area contributed by atoms with Crippen molar-refractivity contribution in [1.82, 2.24) is 10.2 Å². The van der Waals surface area contributed by atoms with Gasteiger partial charge >= 0.3 is 0 Å². The Morgan fingerprint density at radius 2 is 2.11 bits per heavy atom. The van der Waals surface area contributed by atoms with Crippen molar-refractivity contribution in [1.29, 1.82) is 0 Å². The number of halogens is 1. The van der Waals surface area contributed by atoms with Gasteiger partial charge < -0.3 is 5.32 Å². The number of likely N-dealkylation sites (N-methyl/N-ethyl adjacent to an activating group) is 1. The fourth-order valence-corrected chi connectivity index (χ4v) is 1.73. The standard InChI is InChI=1S/C14H19ClN2O/c1-4-9-16-14(18)10-17(3)11(2)12-5-7-13(15)8-6-12/h4-8,11H,1,9-10H2,2-3H3,(H,16,18). The summed E-state index contributed by atoms with van der Waals surface area (Å²) in [6, 6.07) is 7.84. The topological polar surface area (TPSA) is 32.3 Å². The minimum absolute atomic E-state index is 0.00165. The van der Waals surface area contributed by atoms with E-state index in [1.54, 1.807) is 6.08 Å². The van der Waals surface area contributed by atoms with Gasteiger partial charge in [0.2, 0.25) is 5.91 Å². The van der Waals surface area contributed by atoms with Gasteiger partial charge in [-0.25, -0.2) is 0 Å². The van der Waals surface area contributed by atoms with Gasteiger partial charge in [0.15, 0.2) is 0 Å². The van der Waals surface area contributed by atoms with Crippen molar-refractivity contribution in [3.63, 3.8) is 0 Å². The number of carbonyl (C=O) groups is 1. The first-order valence-electron chi connectivity index (χ1n) is 5.88. The van der Waals surface area contributed by atoms with E-state index < -0.39 is 0 Å². The van der Waals surface area contributed by atoms with Gasteiger partial charge in [-0.05, 0) is 31.7 Å². The number of hydrogen-bond acceptors (Lipinski definition) is 2. The average molecular weight is 267 g/mol. The summed E-state index contributed by atoms with van der Waals surface area (Å²) >= 11 is 5.85. The zero-order chi connectivity index (χ0) is 13.5. The monoisotopic (exact) mass is 266 g/mol. The van der Waals surface area contributed by atoms with Crippen LogP contribution in [0.1, 0.15) is 18.5 Å². The smallest absolute Gasteiger partial charge is 0.234 e. The summed E-state index contributed by atoms with van der Waals surface area (Å²) in [6.45, 7) is 6.48. The molecule has 0 aliphatic carbocycles. The fraction of sp³-hybridized carbons (Fsp3) is 0.357. The van der Waals surface area contributed by atoms with Crippen molar-refractivity contribution in [2.24, 2.45) is 0 Å². The molecule has 1 atom stereocenters. The van der Waals surface area contributed by atoms with Gasteiger partial charge in [0.1, 0.15) is 0 Å². The van der Waals surface area contributed by atoms with Crippen LogP contribution in [0.5, 0.6) is 0 Å². The van der Waals surface area contributed by atoms with Gasteiger partial charge in [-0.2, -0.15) is 0 Å². The van der Waals surface area contributed by atoms with Gasteiger partial charge in [0.25, 0.3) is 0 Å². The third kappa shape index (κ3) is 4.51. The number of rotatable bonds is 6. The van der Waals surface area contributed by atoms with E-state index in [0.29, 0.717) is 13.1 Å². The van der Waals surface area contributed by atoms with E-state index in [9.17, 15) is 4.79 Å². The van der Waals surface area contributed by atoms with E-state index in [0.717, 1.165) is 10.6 Å². The molecule has 0 saturated carbocycles. The summed E-state index contributed by atoms with van der Waals surface area (Å²) in [4.78, 5) is 13.6. The van der Waals surface area contributed by atoms with Gasteiger partial charge in [0.05, 0.1) is 6.54 Å². The highest BCUT2D eigenvalue weighted by Crippen LogP contribution is 2.20. The third-order valence-electron chi connectivity index (χ3n) is 2.85. The summed E-state index contributed by atoms with van der Waals surface area (Å²) in [6.07, 6.45) is 1.67. The molecule has 98 valence electrons. The molecule has 0 radical (unpaired) electrons. The quantitative estimate of drug-likeness (QED) is 0.803. The van der Waals surface area contributed by atoms with E-state index in [1.165, 1.54) is 0 Å². The predicted molar refractivity (Wildman–Crippen MR) is 75.7 cm³/mol. The highest BCUT2D eigenvalue weighted by atomic mass is 35.5. The number of benzene rings is 1. The summed E-state index contributed by atoms with van der Waals surface area (Å²) in [5.74, 6) is -0.00165. The van der Waals surface area contributed by atoms with Gasteiger partial charge in [0, 0.05) is 17.6 Å². The summed E-state index contributed by atoms with van der Waals surface area (Å²) in [7, 11) is 1.92. The Morgan fingerprint density at radius 1 is 1.50 bits per heavy atom. The molecule has 0 aliphatic rings. The molecule has 4 heteroatoms. The molecule has 1 aromatic rings. The largest absolute Gasteiger partial charge is 0.352 e. The Kier molecular flexibility index (Phi) is 5.89. The fourth-order valence-electron chi connectivity index (χ4n) is 1.60. The zero-order valence-electron chi connectivity index (χ0n) is 10.8. The van der Waals surface area contributed by atoms with Crippen molar-refractivity contribution in [2.45, 2.75) is 13.0 Å². The van der Waals surface area contributed by atoms with Crippen LogP contribution in [0.25, 0.3) is 0 Å². The van der Waals surface area contributed by atoms with Crippen LogP contribution < -0.4 is 5.32 Å². The van der Waals surface area contributed by atoms with E-state index in [1.807, 2.05) is 36.2 Å². The second-order valence-electron chi connectivity index (χ2n) is 4.24. The molecule has 0 heterocycles. The SMILES string of the molecule is C=CCNC(=O)CN(C)C(C)c1ccc(Cl)cc1. The van der Waals surface area contributed by atoms with Crippen molar-refractivity contribution in [3.05, 3.63) is 47.5 Å². The molecular weight excluding hydrogens is 248 g/mol. The van der Waals surface area contributed by atoms with E-state index in [4.69, 9.17) is 11.6 Å². The average Bonchev–Trinajstić information content (AvgIpc) is 2.36. The molecule has 1 amide bonds. The van der Waals surface area contributed by atoms with Crippen LogP contribution in [0.15, 0.2) is 36.9 Å². The Morgan fingerprint density at radius 3 is 2.67 bits per heavy atom.